The number of rotatable bonds is 8. The fourth-order valence-corrected chi connectivity index (χ4v) is 1.31. The molecule has 1 heterocycles. The van der Waals surface area contributed by atoms with Crippen LogP contribution in [-0.4, -0.2) is 52.9 Å². The first-order chi connectivity index (χ1) is 8.69. The lowest BCUT2D eigenvalue weighted by Gasteiger charge is -2.19. The van der Waals surface area contributed by atoms with Crippen molar-refractivity contribution in [1.29, 1.82) is 0 Å². The van der Waals surface area contributed by atoms with Gasteiger partial charge in [-0.15, -0.1) is 0 Å². The zero-order valence-corrected chi connectivity index (χ0v) is 10.2. The van der Waals surface area contributed by atoms with Gasteiger partial charge in [-0.25, -0.2) is 9.97 Å². The molecule has 0 radical (unpaired) electrons. The van der Waals surface area contributed by atoms with Gasteiger partial charge < -0.3 is 14.7 Å². The topological polar surface area (TPSA) is 102 Å². The molecule has 1 aromatic rings. The maximum absolute atomic E-state index is 10.5. The Hall–Kier alpha value is -1.80. The van der Waals surface area contributed by atoms with Gasteiger partial charge in [-0.2, -0.15) is 0 Å². The molecule has 0 saturated heterocycles. The SMILES string of the molecule is CCN(CCOCCO)c1ncc([N+](=O)[O-])cn1. The summed E-state index contributed by atoms with van der Waals surface area (Å²) in [4.78, 5) is 19.6. The Kier molecular flexibility index (Phi) is 5.95. The van der Waals surface area contributed by atoms with Gasteiger partial charge in [0.2, 0.25) is 5.95 Å². The van der Waals surface area contributed by atoms with Gasteiger partial charge in [-0.1, -0.05) is 0 Å². The number of nitrogens with zero attached hydrogens (tertiary/aromatic N) is 4. The molecule has 8 nitrogen and oxygen atoms in total. The van der Waals surface area contributed by atoms with Crippen molar-refractivity contribution in [2.45, 2.75) is 6.92 Å². The van der Waals surface area contributed by atoms with Crippen molar-refractivity contribution in [3.8, 4) is 0 Å². The van der Waals surface area contributed by atoms with Crippen LogP contribution in [0.3, 0.4) is 0 Å². The summed E-state index contributed by atoms with van der Waals surface area (Å²) in [5, 5.41) is 19.0. The van der Waals surface area contributed by atoms with Gasteiger partial charge >= 0.3 is 5.69 Å². The van der Waals surface area contributed by atoms with Crippen LogP contribution in [0.1, 0.15) is 6.92 Å². The summed E-state index contributed by atoms with van der Waals surface area (Å²) < 4.78 is 5.14. The van der Waals surface area contributed by atoms with E-state index in [4.69, 9.17) is 9.84 Å². The lowest BCUT2D eigenvalue weighted by atomic mass is 10.5. The number of aliphatic hydroxyl groups excluding tert-OH is 1. The summed E-state index contributed by atoms with van der Waals surface area (Å²) in [6.07, 6.45) is 2.36. The zero-order valence-electron chi connectivity index (χ0n) is 10.2. The number of ether oxygens (including phenoxy) is 1. The van der Waals surface area contributed by atoms with Crippen molar-refractivity contribution < 1.29 is 14.8 Å². The van der Waals surface area contributed by atoms with E-state index in [-0.39, 0.29) is 12.3 Å². The molecule has 1 aromatic heterocycles. The highest BCUT2D eigenvalue weighted by Crippen LogP contribution is 2.11. The van der Waals surface area contributed by atoms with E-state index in [2.05, 4.69) is 9.97 Å². The normalized spacial score (nSPS) is 10.3. The van der Waals surface area contributed by atoms with Gasteiger partial charge in [-0.05, 0) is 6.92 Å². The van der Waals surface area contributed by atoms with Gasteiger partial charge in [0.15, 0.2) is 0 Å². The van der Waals surface area contributed by atoms with E-state index < -0.39 is 4.92 Å². The van der Waals surface area contributed by atoms with E-state index in [9.17, 15) is 10.1 Å². The maximum Gasteiger partial charge on any atom is 0.305 e. The Balaban J connectivity index is 2.56. The Morgan fingerprint density at radius 2 is 2.11 bits per heavy atom. The van der Waals surface area contributed by atoms with Crippen molar-refractivity contribution >= 4 is 11.6 Å². The van der Waals surface area contributed by atoms with E-state index in [0.29, 0.717) is 32.3 Å². The molecule has 1 rings (SSSR count). The number of hydrogen-bond donors (Lipinski definition) is 1. The molecule has 0 amide bonds. The van der Waals surface area contributed by atoms with Crippen LogP contribution >= 0.6 is 0 Å². The summed E-state index contributed by atoms with van der Waals surface area (Å²) in [6, 6.07) is 0. The first-order valence-corrected chi connectivity index (χ1v) is 5.59. The molecule has 0 atom stereocenters. The predicted octanol–water partition coefficient (Wildman–Crippen LogP) is 0.220. The molecule has 0 unspecified atom stereocenters. The zero-order chi connectivity index (χ0) is 13.4. The molecule has 0 aliphatic heterocycles. The van der Waals surface area contributed by atoms with E-state index in [1.165, 1.54) is 12.4 Å². The molecule has 0 aliphatic carbocycles. The molecular weight excluding hydrogens is 240 g/mol. The predicted molar refractivity (Wildman–Crippen MR) is 64.5 cm³/mol. The van der Waals surface area contributed by atoms with Crippen LogP contribution in [0.5, 0.6) is 0 Å². The monoisotopic (exact) mass is 256 g/mol. The lowest BCUT2D eigenvalue weighted by molar-refractivity contribution is -0.385. The summed E-state index contributed by atoms with van der Waals surface area (Å²) in [5.41, 5.74) is -0.133. The number of nitro groups is 1. The fourth-order valence-electron chi connectivity index (χ4n) is 1.31. The van der Waals surface area contributed by atoms with Crippen molar-refractivity contribution in [2.24, 2.45) is 0 Å². The average molecular weight is 256 g/mol. The number of anilines is 1. The van der Waals surface area contributed by atoms with Crippen molar-refractivity contribution in [3.63, 3.8) is 0 Å². The van der Waals surface area contributed by atoms with Crippen LogP contribution in [0.4, 0.5) is 11.6 Å². The molecule has 0 fully saturated rings. The Morgan fingerprint density at radius 3 is 2.61 bits per heavy atom. The fraction of sp³-hybridized carbons (Fsp3) is 0.600. The van der Waals surface area contributed by atoms with Gasteiger partial charge in [0.1, 0.15) is 12.4 Å². The minimum Gasteiger partial charge on any atom is -0.394 e. The number of likely N-dealkylation sites (N-methyl/N-ethyl adjacent to an activating group) is 1. The number of aromatic nitrogens is 2. The molecule has 100 valence electrons. The third-order valence-corrected chi connectivity index (χ3v) is 2.24. The molecule has 0 aromatic carbocycles. The number of aliphatic hydroxyl groups is 1. The van der Waals surface area contributed by atoms with E-state index in [1.54, 1.807) is 0 Å². The van der Waals surface area contributed by atoms with Crippen LogP contribution in [-0.2, 0) is 4.74 Å². The molecule has 0 bridgehead atoms. The Bertz CT molecular complexity index is 371. The third kappa shape index (κ3) is 4.22. The largest absolute Gasteiger partial charge is 0.394 e. The highest BCUT2D eigenvalue weighted by atomic mass is 16.6. The summed E-state index contributed by atoms with van der Waals surface area (Å²) in [5.74, 6) is 0.427. The molecule has 18 heavy (non-hydrogen) atoms. The van der Waals surface area contributed by atoms with Gasteiger partial charge in [0.05, 0.1) is 24.7 Å². The first kappa shape index (κ1) is 14.3. The maximum atomic E-state index is 10.5. The van der Waals surface area contributed by atoms with Crippen LogP contribution in [0.15, 0.2) is 12.4 Å². The molecular formula is C10H16N4O4. The van der Waals surface area contributed by atoms with Gasteiger partial charge in [0, 0.05) is 13.1 Å². The van der Waals surface area contributed by atoms with Crippen molar-refractivity contribution in [2.75, 3.05) is 37.8 Å². The second kappa shape index (κ2) is 7.51. The molecule has 0 saturated carbocycles. The molecule has 1 N–H and O–H groups in total. The average Bonchev–Trinajstić information content (AvgIpc) is 2.39. The highest BCUT2D eigenvalue weighted by molar-refractivity contribution is 5.33. The van der Waals surface area contributed by atoms with Crippen molar-refractivity contribution in [3.05, 3.63) is 22.5 Å². The minimum atomic E-state index is -0.537. The summed E-state index contributed by atoms with van der Waals surface area (Å²) >= 11 is 0. The molecule has 0 spiro atoms. The lowest BCUT2D eigenvalue weighted by Crippen LogP contribution is -2.29. The molecule has 0 aliphatic rings. The van der Waals surface area contributed by atoms with Crippen LogP contribution < -0.4 is 4.90 Å². The van der Waals surface area contributed by atoms with Crippen LogP contribution in [0, 0.1) is 10.1 Å². The van der Waals surface area contributed by atoms with Crippen LogP contribution in [0.25, 0.3) is 0 Å². The van der Waals surface area contributed by atoms with Gasteiger partial charge in [0.25, 0.3) is 0 Å². The highest BCUT2D eigenvalue weighted by Gasteiger charge is 2.11. The first-order valence-electron chi connectivity index (χ1n) is 5.59. The van der Waals surface area contributed by atoms with Crippen LogP contribution in [0.2, 0.25) is 0 Å². The summed E-state index contributed by atoms with van der Waals surface area (Å²) in [7, 11) is 0. The third-order valence-electron chi connectivity index (χ3n) is 2.24. The van der Waals surface area contributed by atoms with E-state index >= 15 is 0 Å². The Morgan fingerprint density at radius 1 is 1.44 bits per heavy atom. The quantitative estimate of drug-likeness (QED) is 0.403. The minimum absolute atomic E-state index is 0.0137. The Labute approximate surface area is 104 Å². The van der Waals surface area contributed by atoms with E-state index in [1.807, 2.05) is 11.8 Å². The smallest absolute Gasteiger partial charge is 0.305 e. The molecule has 8 heteroatoms. The van der Waals surface area contributed by atoms with Gasteiger partial charge in [-0.3, -0.25) is 10.1 Å². The summed E-state index contributed by atoms with van der Waals surface area (Å²) in [6.45, 7) is 3.87. The second-order valence-electron chi connectivity index (χ2n) is 3.41. The van der Waals surface area contributed by atoms with E-state index in [0.717, 1.165) is 0 Å². The van der Waals surface area contributed by atoms with Crippen molar-refractivity contribution in [1.82, 2.24) is 9.97 Å². The number of hydrogen-bond acceptors (Lipinski definition) is 7. The second-order valence-corrected chi connectivity index (χ2v) is 3.41. The standard InChI is InChI=1S/C10H16N4O4/c1-2-13(3-5-18-6-4-15)10-11-7-9(8-12-10)14(16)17/h7-8,15H,2-6H2,1H3.